The Morgan fingerprint density at radius 1 is 1.33 bits per heavy atom. The van der Waals surface area contributed by atoms with Gasteiger partial charge in [0.1, 0.15) is 5.78 Å². The maximum absolute atomic E-state index is 11.6. The van der Waals surface area contributed by atoms with Gasteiger partial charge in [-0.15, -0.1) is 0 Å². The Morgan fingerprint density at radius 2 is 2.07 bits per heavy atom. The summed E-state index contributed by atoms with van der Waals surface area (Å²) in [7, 11) is 4.19. The van der Waals surface area contributed by atoms with Gasteiger partial charge in [0.25, 0.3) is 0 Å². The molecular formula is C12H24N2O. The Morgan fingerprint density at radius 3 is 2.53 bits per heavy atom. The molecule has 88 valence electrons. The van der Waals surface area contributed by atoms with Gasteiger partial charge < -0.3 is 4.90 Å². The van der Waals surface area contributed by atoms with Crippen LogP contribution >= 0.6 is 0 Å². The molecule has 0 saturated heterocycles. The van der Waals surface area contributed by atoms with Crippen LogP contribution in [0.2, 0.25) is 0 Å². The molecule has 1 aliphatic rings. The highest BCUT2D eigenvalue weighted by Crippen LogP contribution is 2.20. The van der Waals surface area contributed by atoms with E-state index in [9.17, 15) is 4.79 Å². The topological polar surface area (TPSA) is 23.6 Å². The second-order valence-electron chi connectivity index (χ2n) is 4.66. The molecule has 0 spiro atoms. The van der Waals surface area contributed by atoms with Crippen molar-refractivity contribution in [3.63, 3.8) is 0 Å². The Balaban J connectivity index is 2.31. The highest BCUT2D eigenvalue weighted by molar-refractivity contribution is 5.85. The Bertz CT molecular complexity index is 204. The molecule has 0 aromatic carbocycles. The first-order valence-corrected chi connectivity index (χ1v) is 6.06. The Kier molecular flexibility index (Phi) is 5.26. The molecule has 3 nitrogen and oxygen atoms in total. The number of Topliss-reactive ketones (excluding diaryl/α,β-unsaturated/α-hetero) is 1. The van der Waals surface area contributed by atoms with E-state index in [2.05, 4.69) is 30.8 Å². The Hall–Kier alpha value is -0.410. The molecule has 0 aliphatic heterocycles. The summed E-state index contributed by atoms with van der Waals surface area (Å²) in [5.41, 5.74) is 0. The lowest BCUT2D eigenvalue weighted by atomic mass is 10.2. The molecule has 1 saturated carbocycles. The van der Waals surface area contributed by atoms with E-state index in [1.165, 1.54) is 0 Å². The quantitative estimate of drug-likeness (QED) is 0.664. The van der Waals surface area contributed by atoms with Crippen molar-refractivity contribution < 1.29 is 4.79 Å². The summed E-state index contributed by atoms with van der Waals surface area (Å²) in [6.07, 6.45) is 4.13. The van der Waals surface area contributed by atoms with E-state index in [-0.39, 0.29) is 6.04 Å². The normalized spacial score (nSPS) is 21.9. The molecular weight excluding hydrogens is 188 g/mol. The number of hydrogen-bond acceptors (Lipinski definition) is 3. The predicted molar refractivity (Wildman–Crippen MR) is 63.1 cm³/mol. The summed E-state index contributed by atoms with van der Waals surface area (Å²) < 4.78 is 0. The maximum Gasteiger partial charge on any atom is 0.149 e. The number of rotatable bonds is 6. The van der Waals surface area contributed by atoms with Crippen LogP contribution in [0.1, 0.15) is 32.6 Å². The van der Waals surface area contributed by atoms with Gasteiger partial charge in [0.2, 0.25) is 0 Å². The molecule has 0 aromatic rings. The zero-order valence-corrected chi connectivity index (χ0v) is 10.3. The average molecular weight is 212 g/mol. The summed E-state index contributed by atoms with van der Waals surface area (Å²) in [6.45, 7) is 5.33. The first kappa shape index (κ1) is 12.7. The molecule has 1 rings (SSSR count). The minimum absolute atomic E-state index is 0.233. The smallest absolute Gasteiger partial charge is 0.149 e. The van der Waals surface area contributed by atoms with Crippen LogP contribution in [0, 0.1) is 0 Å². The lowest BCUT2D eigenvalue weighted by molar-refractivity contribution is -0.121. The molecule has 15 heavy (non-hydrogen) atoms. The van der Waals surface area contributed by atoms with Crippen LogP contribution in [0.15, 0.2) is 0 Å². The molecule has 0 amide bonds. The summed E-state index contributed by atoms with van der Waals surface area (Å²) in [6, 6.07) is 0.233. The second kappa shape index (κ2) is 6.23. The summed E-state index contributed by atoms with van der Waals surface area (Å²) in [5.74, 6) is 0.460. The maximum atomic E-state index is 11.6. The fourth-order valence-corrected chi connectivity index (χ4v) is 2.31. The van der Waals surface area contributed by atoms with Crippen molar-refractivity contribution in [1.82, 2.24) is 9.80 Å². The number of likely N-dealkylation sites (N-methyl/N-ethyl adjacent to an activating group) is 1. The largest absolute Gasteiger partial charge is 0.309 e. The van der Waals surface area contributed by atoms with Crippen molar-refractivity contribution >= 4 is 5.78 Å². The molecule has 0 radical (unpaired) electrons. The molecule has 3 heteroatoms. The lowest BCUT2D eigenvalue weighted by Gasteiger charge is -2.26. The third-order valence-electron chi connectivity index (χ3n) is 3.17. The molecule has 1 atom stereocenters. The van der Waals surface area contributed by atoms with E-state index < -0.39 is 0 Å². The lowest BCUT2D eigenvalue weighted by Crippen LogP contribution is -2.39. The first-order valence-electron chi connectivity index (χ1n) is 6.06. The van der Waals surface area contributed by atoms with Crippen LogP contribution in [0.25, 0.3) is 0 Å². The van der Waals surface area contributed by atoms with E-state index in [1.807, 2.05) is 0 Å². The van der Waals surface area contributed by atoms with E-state index in [1.54, 1.807) is 0 Å². The number of carbonyl (C=O) groups excluding carboxylic acids is 1. The van der Waals surface area contributed by atoms with Crippen molar-refractivity contribution in [3.8, 4) is 0 Å². The molecule has 0 bridgehead atoms. The Labute approximate surface area is 93.4 Å². The zero-order valence-electron chi connectivity index (χ0n) is 10.3. The van der Waals surface area contributed by atoms with Gasteiger partial charge in [-0.2, -0.15) is 0 Å². The number of ketones is 1. The highest BCUT2D eigenvalue weighted by Gasteiger charge is 2.28. The van der Waals surface area contributed by atoms with Crippen LogP contribution in [0.4, 0.5) is 0 Å². The minimum Gasteiger partial charge on any atom is -0.309 e. The standard InChI is InChI=1S/C12H24N2O/c1-4-14(10-6-9-13(2)3)11-7-5-8-12(11)15/h11H,4-10H2,1-3H3. The predicted octanol–water partition coefficient (Wildman–Crippen LogP) is 1.38. The minimum atomic E-state index is 0.233. The van der Waals surface area contributed by atoms with Gasteiger partial charge in [0.15, 0.2) is 0 Å². The number of carbonyl (C=O) groups is 1. The third-order valence-corrected chi connectivity index (χ3v) is 3.17. The van der Waals surface area contributed by atoms with Crippen molar-refractivity contribution in [2.45, 2.75) is 38.6 Å². The van der Waals surface area contributed by atoms with Gasteiger partial charge in [0, 0.05) is 13.0 Å². The van der Waals surface area contributed by atoms with Crippen molar-refractivity contribution in [3.05, 3.63) is 0 Å². The van der Waals surface area contributed by atoms with Gasteiger partial charge in [-0.25, -0.2) is 0 Å². The molecule has 0 heterocycles. The van der Waals surface area contributed by atoms with Gasteiger partial charge in [-0.3, -0.25) is 9.69 Å². The molecule has 1 fully saturated rings. The van der Waals surface area contributed by atoms with Gasteiger partial charge in [-0.1, -0.05) is 6.92 Å². The van der Waals surface area contributed by atoms with Crippen LogP contribution < -0.4 is 0 Å². The summed E-state index contributed by atoms with van der Waals surface area (Å²) in [4.78, 5) is 16.2. The molecule has 0 N–H and O–H groups in total. The SMILES string of the molecule is CCN(CCCN(C)C)C1CCCC1=O. The van der Waals surface area contributed by atoms with Crippen LogP contribution in [0.5, 0.6) is 0 Å². The number of hydrogen-bond donors (Lipinski definition) is 0. The van der Waals surface area contributed by atoms with Gasteiger partial charge in [-0.05, 0) is 46.4 Å². The summed E-state index contributed by atoms with van der Waals surface area (Å²) >= 11 is 0. The van der Waals surface area contributed by atoms with E-state index in [0.717, 1.165) is 45.3 Å². The molecule has 1 aliphatic carbocycles. The van der Waals surface area contributed by atoms with E-state index in [0.29, 0.717) is 5.78 Å². The van der Waals surface area contributed by atoms with Crippen molar-refractivity contribution in [2.75, 3.05) is 33.7 Å². The van der Waals surface area contributed by atoms with E-state index >= 15 is 0 Å². The highest BCUT2D eigenvalue weighted by atomic mass is 16.1. The monoisotopic (exact) mass is 212 g/mol. The van der Waals surface area contributed by atoms with Gasteiger partial charge in [0.05, 0.1) is 6.04 Å². The third kappa shape index (κ3) is 3.92. The second-order valence-corrected chi connectivity index (χ2v) is 4.66. The van der Waals surface area contributed by atoms with Crippen LogP contribution in [0.3, 0.4) is 0 Å². The van der Waals surface area contributed by atoms with Crippen LogP contribution in [-0.4, -0.2) is 55.4 Å². The molecule has 0 aromatic heterocycles. The summed E-state index contributed by atoms with van der Waals surface area (Å²) in [5, 5.41) is 0. The fourth-order valence-electron chi connectivity index (χ4n) is 2.31. The van der Waals surface area contributed by atoms with Gasteiger partial charge >= 0.3 is 0 Å². The average Bonchev–Trinajstić information content (AvgIpc) is 2.59. The zero-order chi connectivity index (χ0) is 11.3. The molecule has 1 unspecified atom stereocenters. The van der Waals surface area contributed by atoms with Crippen molar-refractivity contribution in [1.29, 1.82) is 0 Å². The number of nitrogens with zero attached hydrogens (tertiary/aromatic N) is 2. The first-order chi connectivity index (χ1) is 7.15. The van der Waals surface area contributed by atoms with Crippen LogP contribution in [-0.2, 0) is 4.79 Å². The van der Waals surface area contributed by atoms with E-state index in [4.69, 9.17) is 0 Å². The fraction of sp³-hybridized carbons (Fsp3) is 0.917. The van der Waals surface area contributed by atoms with Crippen molar-refractivity contribution in [2.24, 2.45) is 0 Å².